The number of carbonyl (C=O) groups is 2. The molecular weight excluding hydrogens is 354 g/mol. The van der Waals surface area contributed by atoms with E-state index in [0.29, 0.717) is 31.3 Å². The maximum atomic E-state index is 12.9. The molecule has 0 N–H and O–H groups in total. The molecule has 1 saturated carbocycles. The second-order valence-electron chi connectivity index (χ2n) is 7.75. The van der Waals surface area contributed by atoms with Crippen LogP contribution in [0.4, 0.5) is 0 Å². The molecule has 2 aromatic rings. The van der Waals surface area contributed by atoms with Gasteiger partial charge in [-0.1, -0.05) is 30.3 Å². The van der Waals surface area contributed by atoms with E-state index in [9.17, 15) is 9.59 Å². The summed E-state index contributed by atoms with van der Waals surface area (Å²) < 4.78 is 6.97. The van der Waals surface area contributed by atoms with Gasteiger partial charge in [-0.05, 0) is 50.7 Å². The van der Waals surface area contributed by atoms with E-state index in [2.05, 4.69) is 17.2 Å². The average Bonchev–Trinajstić information content (AvgIpc) is 3.43. The highest BCUT2D eigenvalue weighted by Gasteiger charge is 2.46. The first kappa shape index (κ1) is 18.7. The van der Waals surface area contributed by atoms with Crippen LogP contribution in [0.5, 0.6) is 0 Å². The first-order valence-corrected chi connectivity index (χ1v) is 10.2. The van der Waals surface area contributed by atoms with Crippen LogP contribution in [0.1, 0.15) is 59.9 Å². The molecule has 1 aliphatic carbocycles. The normalized spacial score (nSPS) is 22.1. The Morgan fingerprint density at radius 2 is 1.89 bits per heavy atom. The lowest BCUT2D eigenvalue weighted by atomic mass is 10.0. The minimum absolute atomic E-state index is 0.126. The van der Waals surface area contributed by atoms with Crippen LogP contribution in [0.3, 0.4) is 0 Å². The van der Waals surface area contributed by atoms with E-state index in [4.69, 9.17) is 4.74 Å². The zero-order valence-electron chi connectivity index (χ0n) is 16.5. The van der Waals surface area contributed by atoms with Gasteiger partial charge in [0.1, 0.15) is 5.69 Å². The fraction of sp³-hybridized carbons (Fsp3) is 0.500. The van der Waals surface area contributed by atoms with Crippen molar-refractivity contribution in [1.82, 2.24) is 14.7 Å². The van der Waals surface area contributed by atoms with Crippen LogP contribution in [0.15, 0.2) is 36.4 Å². The Hall–Kier alpha value is -2.63. The Morgan fingerprint density at radius 1 is 1.18 bits per heavy atom. The monoisotopic (exact) mass is 381 g/mol. The van der Waals surface area contributed by atoms with E-state index < -0.39 is 0 Å². The first-order chi connectivity index (χ1) is 13.6. The molecule has 1 aliphatic heterocycles. The minimum Gasteiger partial charge on any atom is -0.461 e. The lowest BCUT2D eigenvalue weighted by Gasteiger charge is -2.33. The van der Waals surface area contributed by atoms with Crippen molar-refractivity contribution in [3.05, 3.63) is 53.3 Å². The van der Waals surface area contributed by atoms with Gasteiger partial charge in [0.15, 0.2) is 0 Å². The van der Waals surface area contributed by atoms with Crippen LogP contribution in [0.25, 0.3) is 0 Å². The van der Waals surface area contributed by atoms with Gasteiger partial charge in [0, 0.05) is 19.0 Å². The highest BCUT2D eigenvalue weighted by molar-refractivity contribution is 5.87. The molecule has 1 aromatic heterocycles. The zero-order valence-corrected chi connectivity index (χ0v) is 16.5. The van der Waals surface area contributed by atoms with Crippen LogP contribution in [-0.4, -0.2) is 46.3 Å². The summed E-state index contributed by atoms with van der Waals surface area (Å²) in [7, 11) is 0. The second kappa shape index (κ2) is 7.78. The third-order valence-corrected chi connectivity index (χ3v) is 5.80. The van der Waals surface area contributed by atoms with Crippen molar-refractivity contribution >= 4 is 11.9 Å². The van der Waals surface area contributed by atoms with Gasteiger partial charge in [-0.25, -0.2) is 4.79 Å². The van der Waals surface area contributed by atoms with Gasteiger partial charge < -0.3 is 9.64 Å². The first-order valence-electron chi connectivity index (χ1n) is 10.2. The number of esters is 1. The third-order valence-electron chi connectivity index (χ3n) is 5.80. The Labute approximate surface area is 165 Å². The number of nitrogens with zero attached hydrogens (tertiary/aromatic N) is 3. The summed E-state index contributed by atoms with van der Waals surface area (Å²) in [5.74, 6) is 0.441. The number of amides is 1. The molecule has 148 valence electrons. The summed E-state index contributed by atoms with van der Waals surface area (Å²) >= 11 is 0. The summed E-state index contributed by atoms with van der Waals surface area (Å²) in [6.07, 6.45) is 2.57. The molecule has 2 fully saturated rings. The highest BCUT2D eigenvalue weighted by atomic mass is 16.5. The van der Waals surface area contributed by atoms with Crippen molar-refractivity contribution in [1.29, 1.82) is 0 Å². The molecule has 0 bridgehead atoms. The Balaban J connectivity index is 1.37. The van der Waals surface area contributed by atoms with Crippen LogP contribution in [-0.2, 0) is 9.53 Å². The third kappa shape index (κ3) is 3.68. The minimum atomic E-state index is -0.328. The molecule has 1 amide bonds. The smallest absolute Gasteiger partial charge is 0.356 e. The topological polar surface area (TPSA) is 64.4 Å². The number of aromatic nitrogens is 2. The zero-order chi connectivity index (χ0) is 19.7. The second-order valence-corrected chi connectivity index (χ2v) is 7.75. The van der Waals surface area contributed by atoms with E-state index >= 15 is 0 Å². The van der Waals surface area contributed by atoms with Crippen LogP contribution < -0.4 is 0 Å². The van der Waals surface area contributed by atoms with Gasteiger partial charge in [0.2, 0.25) is 5.91 Å². The van der Waals surface area contributed by atoms with Crippen molar-refractivity contribution in [2.24, 2.45) is 5.92 Å². The maximum absolute atomic E-state index is 12.9. The van der Waals surface area contributed by atoms with Crippen molar-refractivity contribution in [2.75, 3.05) is 19.7 Å². The lowest BCUT2D eigenvalue weighted by Crippen LogP contribution is -2.40. The number of benzene rings is 1. The summed E-state index contributed by atoms with van der Waals surface area (Å²) in [5, 5.41) is 4.52. The molecule has 2 atom stereocenters. The van der Waals surface area contributed by atoms with E-state index in [1.165, 1.54) is 5.56 Å². The van der Waals surface area contributed by atoms with E-state index in [0.717, 1.165) is 25.0 Å². The van der Waals surface area contributed by atoms with E-state index in [-0.39, 0.29) is 23.8 Å². The van der Waals surface area contributed by atoms with E-state index in [1.54, 1.807) is 17.7 Å². The van der Waals surface area contributed by atoms with Gasteiger partial charge in [0.25, 0.3) is 0 Å². The standard InChI is InChI=1S/C22H27N3O3/c1-3-28-22(27)20-13-15(2)23-25(20)17-9-11-24(12-10-17)21(26)19-14-18(19)16-7-5-4-6-8-16/h4-8,13,17-19H,3,9-12,14H2,1-2H3/t18-,19+/m0/s1. The molecule has 0 unspecified atom stereocenters. The molecule has 2 aliphatic rings. The lowest BCUT2D eigenvalue weighted by molar-refractivity contribution is -0.134. The van der Waals surface area contributed by atoms with Gasteiger partial charge >= 0.3 is 5.97 Å². The molecule has 28 heavy (non-hydrogen) atoms. The van der Waals surface area contributed by atoms with Gasteiger partial charge in [-0.2, -0.15) is 5.10 Å². The summed E-state index contributed by atoms with van der Waals surface area (Å²) in [6, 6.07) is 12.2. The Kier molecular flexibility index (Phi) is 5.20. The molecule has 1 aromatic carbocycles. The molecule has 6 heteroatoms. The average molecular weight is 381 g/mol. The summed E-state index contributed by atoms with van der Waals surface area (Å²) in [6.45, 7) is 5.45. The fourth-order valence-corrected chi connectivity index (χ4v) is 4.25. The highest BCUT2D eigenvalue weighted by Crippen LogP contribution is 2.48. The van der Waals surface area contributed by atoms with Gasteiger partial charge in [-0.3, -0.25) is 9.48 Å². The van der Waals surface area contributed by atoms with Gasteiger partial charge in [-0.15, -0.1) is 0 Å². The van der Waals surface area contributed by atoms with Crippen molar-refractivity contribution in [3.8, 4) is 0 Å². The quantitative estimate of drug-likeness (QED) is 0.745. The molecule has 0 spiro atoms. The predicted molar refractivity (Wildman–Crippen MR) is 105 cm³/mol. The molecule has 4 rings (SSSR count). The molecule has 1 saturated heterocycles. The number of likely N-dealkylation sites (tertiary alicyclic amines) is 1. The SMILES string of the molecule is CCOC(=O)c1cc(C)nn1C1CCN(C(=O)[C@@H]2C[C@H]2c2ccccc2)CC1. The van der Waals surface area contributed by atoms with E-state index in [1.807, 2.05) is 30.0 Å². The summed E-state index contributed by atoms with van der Waals surface area (Å²) in [5.41, 5.74) is 2.59. The fourth-order valence-electron chi connectivity index (χ4n) is 4.25. The van der Waals surface area contributed by atoms with Crippen molar-refractivity contribution in [2.45, 2.75) is 45.1 Å². The number of hydrogen-bond acceptors (Lipinski definition) is 4. The van der Waals surface area contributed by atoms with Crippen LogP contribution in [0, 0.1) is 12.8 Å². The number of ether oxygens (including phenoxy) is 1. The van der Waals surface area contributed by atoms with Crippen molar-refractivity contribution < 1.29 is 14.3 Å². The number of hydrogen-bond donors (Lipinski definition) is 0. The number of rotatable bonds is 5. The Bertz CT molecular complexity index is 853. The number of piperidine rings is 1. The maximum Gasteiger partial charge on any atom is 0.356 e. The van der Waals surface area contributed by atoms with Gasteiger partial charge in [0.05, 0.1) is 18.3 Å². The molecule has 0 radical (unpaired) electrons. The summed E-state index contributed by atoms with van der Waals surface area (Å²) in [4.78, 5) is 27.1. The van der Waals surface area contributed by atoms with Crippen LogP contribution in [0.2, 0.25) is 0 Å². The number of carbonyl (C=O) groups excluding carboxylic acids is 2. The molecule has 6 nitrogen and oxygen atoms in total. The molecular formula is C22H27N3O3. The molecule has 2 heterocycles. The van der Waals surface area contributed by atoms with Crippen LogP contribution >= 0.6 is 0 Å². The predicted octanol–water partition coefficient (Wildman–Crippen LogP) is 3.34. The van der Waals surface area contributed by atoms with Crippen molar-refractivity contribution in [3.63, 3.8) is 0 Å². The number of aryl methyl sites for hydroxylation is 1. The Morgan fingerprint density at radius 3 is 2.57 bits per heavy atom. The largest absolute Gasteiger partial charge is 0.461 e.